The van der Waals surface area contributed by atoms with Gasteiger partial charge in [0, 0.05) is 12.5 Å². The van der Waals surface area contributed by atoms with Crippen LogP contribution in [0.5, 0.6) is 0 Å². The summed E-state index contributed by atoms with van der Waals surface area (Å²) < 4.78 is 0. The third kappa shape index (κ3) is 4.12. The molecule has 3 N–H and O–H groups in total. The maximum Gasteiger partial charge on any atom is 0.113 e. The van der Waals surface area contributed by atoms with Crippen LogP contribution in [0.2, 0.25) is 0 Å². The summed E-state index contributed by atoms with van der Waals surface area (Å²) in [5.41, 5.74) is 2.78. The van der Waals surface area contributed by atoms with Crippen molar-refractivity contribution in [1.29, 1.82) is 0 Å². The van der Waals surface area contributed by atoms with Crippen molar-refractivity contribution in [2.75, 3.05) is 6.54 Å². The molecule has 0 radical (unpaired) electrons. The Hall–Kier alpha value is -0.570. The van der Waals surface area contributed by atoms with Gasteiger partial charge in [0.25, 0.3) is 0 Å². The van der Waals surface area contributed by atoms with Gasteiger partial charge in [-0.3, -0.25) is 4.99 Å². The van der Waals surface area contributed by atoms with E-state index in [1.165, 1.54) is 44.9 Å². The lowest BCUT2D eigenvalue weighted by Crippen LogP contribution is -2.38. The average Bonchev–Trinajstić information content (AvgIpc) is 2.34. The van der Waals surface area contributed by atoms with E-state index in [1.807, 2.05) is 0 Å². The van der Waals surface area contributed by atoms with E-state index in [-0.39, 0.29) is 0 Å². The second-order valence-electron chi connectivity index (χ2n) is 4.86. The lowest BCUT2D eigenvalue weighted by Gasteiger charge is -2.29. The lowest BCUT2D eigenvalue weighted by molar-refractivity contribution is 0.298. The number of hydrogen-bond donors (Lipinski definition) is 2. The molecule has 0 heterocycles. The second-order valence-corrected chi connectivity index (χ2v) is 4.86. The number of unbranched alkanes of at least 4 members (excludes halogenated alkanes) is 1. The summed E-state index contributed by atoms with van der Waals surface area (Å²) in [5.74, 6) is 8.09. The maximum absolute atomic E-state index is 5.52. The Labute approximate surface area is 99.9 Å². The monoisotopic (exact) mass is 225 g/mol. The Kier molecular flexibility index (Phi) is 6.46. The molecular weight excluding hydrogens is 198 g/mol. The zero-order chi connectivity index (χ0) is 11.8. The lowest BCUT2D eigenvalue weighted by atomic mass is 9.79. The van der Waals surface area contributed by atoms with Crippen LogP contribution in [-0.4, -0.2) is 12.4 Å². The fourth-order valence-electron chi connectivity index (χ4n) is 2.68. The summed E-state index contributed by atoms with van der Waals surface area (Å²) in [6, 6.07) is 0. The van der Waals surface area contributed by atoms with E-state index in [2.05, 4.69) is 24.3 Å². The first-order valence-electron chi connectivity index (χ1n) is 6.82. The van der Waals surface area contributed by atoms with Crippen molar-refractivity contribution in [1.82, 2.24) is 5.43 Å². The van der Waals surface area contributed by atoms with E-state index < -0.39 is 0 Å². The number of rotatable bonds is 5. The van der Waals surface area contributed by atoms with Crippen LogP contribution in [-0.2, 0) is 0 Å². The molecule has 1 rings (SSSR count). The molecule has 0 unspecified atom stereocenters. The standard InChI is InChI=1S/C13H27N3/c1-3-5-6-11-7-9-12(10-8-11)13(16-14)15-4-2/h11-12H,3-10,14H2,1-2H3,(H,15,16). The first-order valence-corrected chi connectivity index (χ1v) is 6.82. The maximum atomic E-state index is 5.52. The Bertz CT molecular complexity index is 205. The molecule has 1 fully saturated rings. The highest BCUT2D eigenvalue weighted by atomic mass is 15.3. The van der Waals surface area contributed by atoms with Crippen LogP contribution in [0, 0.1) is 11.8 Å². The fourth-order valence-corrected chi connectivity index (χ4v) is 2.68. The van der Waals surface area contributed by atoms with Crippen molar-refractivity contribution in [3.05, 3.63) is 0 Å². The second kappa shape index (κ2) is 7.66. The molecule has 94 valence electrons. The predicted molar refractivity (Wildman–Crippen MR) is 70.3 cm³/mol. The number of nitrogens with zero attached hydrogens (tertiary/aromatic N) is 1. The van der Waals surface area contributed by atoms with Crippen LogP contribution in [0.3, 0.4) is 0 Å². The number of nitrogens with two attached hydrogens (primary N) is 1. The molecule has 0 aromatic carbocycles. The molecule has 1 saturated carbocycles. The van der Waals surface area contributed by atoms with Crippen molar-refractivity contribution in [3.8, 4) is 0 Å². The Morgan fingerprint density at radius 3 is 2.44 bits per heavy atom. The van der Waals surface area contributed by atoms with Crippen molar-refractivity contribution < 1.29 is 0 Å². The minimum atomic E-state index is 0.586. The topological polar surface area (TPSA) is 50.4 Å². The molecule has 3 heteroatoms. The van der Waals surface area contributed by atoms with Gasteiger partial charge in [0.1, 0.15) is 5.84 Å². The predicted octanol–water partition coefficient (Wildman–Crippen LogP) is 2.86. The molecule has 0 aromatic rings. The molecule has 0 atom stereocenters. The summed E-state index contributed by atoms with van der Waals surface area (Å²) in [5, 5.41) is 0. The van der Waals surface area contributed by atoms with E-state index in [0.717, 1.165) is 18.3 Å². The first kappa shape index (κ1) is 13.5. The fraction of sp³-hybridized carbons (Fsp3) is 0.923. The molecule has 1 aliphatic carbocycles. The normalized spacial score (nSPS) is 26.8. The summed E-state index contributed by atoms with van der Waals surface area (Å²) in [4.78, 5) is 4.43. The van der Waals surface area contributed by atoms with E-state index in [4.69, 9.17) is 5.84 Å². The van der Waals surface area contributed by atoms with Gasteiger partial charge in [0.2, 0.25) is 0 Å². The summed E-state index contributed by atoms with van der Waals surface area (Å²) >= 11 is 0. The van der Waals surface area contributed by atoms with Crippen LogP contribution in [0.25, 0.3) is 0 Å². The SMILES string of the molecule is CCCCC1CCC(C(=NCC)NN)CC1. The highest BCUT2D eigenvalue weighted by Gasteiger charge is 2.23. The van der Waals surface area contributed by atoms with Gasteiger partial charge in [-0.05, 0) is 38.5 Å². The molecule has 16 heavy (non-hydrogen) atoms. The number of aliphatic imine (C=N–C) groups is 1. The van der Waals surface area contributed by atoms with Crippen LogP contribution in [0.4, 0.5) is 0 Å². The molecule has 1 aliphatic rings. The van der Waals surface area contributed by atoms with Crippen LogP contribution in [0.15, 0.2) is 4.99 Å². The number of hydrazine groups is 1. The van der Waals surface area contributed by atoms with Gasteiger partial charge >= 0.3 is 0 Å². The molecule has 0 aromatic heterocycles. The van der Waals surface area contributed by atoms with Gasteiger partial charge < -0.3 is 5.43 Å². The van der Waals surface area contributed by atoms with Crippen molar-refractivity contribution in [2.45, 2.75) is 58.8 Å². The van der Waals surface area contributed by atoms with E-state index in [0.29, 0.717) is 5.92 Å². The highest BCUT2D eigenvalue weighted by molar-refractivity contribution is 5.84. The van der Waals surface area contributed by atoms with Gasteiger partial charge in [-0.25, -0.2) is 5.84 Å². The minimum Gasteiger partial charge on any atom is -0.312 e. The number of hydrogen-bond acceptors (Lipinski definition) is 2. The van der Waals surface area contributed by atoms with Gasteiger partial charge in [0.15, 0.2) is 0 Å². The van der Waals surface area contributed by atoms with Crippen molar-refractivity contribution in [3.63, 3.8) is 0 Å². The third-order valence-electron chi connectivity index (χ3n) is 3.68. The summed E-state index contributed by atoms with van der Waals surface area (Å²) in [6.45, 7) is 5.16. The molecule has 3 nitrogen and oxygen atoms in total. The molecule has 0 bridgehead atoms. The van der Waals surface area contributed by atoms with Crippen molar-refractivity contribution >= 4 is 5.84 Å². The third-order valence-corrected chi connectivity index (χ3v) is 3.68. The highest BCUT2D eigenvalue weighted by Crippen LogP contribution is 2.32. The zero-order valence-electron chi connectivity index (χ0n) is 10.8. The average molecular weight is 225 g/mol. The Morgan fingerprint density at radius 1 is 1.25 bits per heavy atom. The largest absolute Gasteiger partial charge is 0.312 e. The molecule has 0 aliphatic heterocycles. The van der Waals surface area contributed by atoms with E-state index in [9.17, 15) is 0 Å². The first-order chi connectivity index (χ1) is 7.81. The van der Waals surface area contributed by atoms with Crippen LogP contribution >= 0.6 is 0 Å². The van der Waals surface area contributed by atoms with Gasteiger partial charge in [-0.1, -0.05) is 26.2 Å². The molecule has 0 saturated heterocycles. The zero-order valence-corrected chi connectivity index (χ0v) is 10.8. The Balaban J connectivity index is 2.33. The van der Waals surface area contributed by atoms with Gasteiger partial charge in [-0.15, -0.1) is 0 Å². The molecular formula is C13H27N3. The van der Waals surface area contributed by atoms with Crippen LogP contribution in [0.1, 0.15) is 58.8 Å². The Morgan fingerprint density at radius 2 is 1.94 bits per heavy atom. The summed E-state index contributed by atoms with van der Waals surface area (Å²) in [7, 11) is 0. The minimum absolute atomic E-state index is 0.586. The van der Waals surface area contributed by atoms with Gasteiger partial charge in [0.05, 0.1) is 0 Å². The number of nitrogens with one attached hydrogen (secondary N) is 1. The quantitative estimate of drug-likeness (QED) is 0.327. The number of amidine groups is 1. The molecule has 0 amide bonds. The van der Waals surface area contributed by atoms with Gasteiger partial charge in [-0.2, -0.15) is 0 Å². The van der Waals surface area contributed by atoms with Crippen molar-refractivity contribution in [2.24, 2.45) is 22.7 Å². The smallest absolute Gasteiger partial charge is 0.113 e. The molecule has 0 spiro atoms. The van der Waals surface area contributed by atoms with E-state index >= 15 is 0 Å². The van der Waals surface area contributed by atoms with Crippen LogP contribution < -0.4 is 11.3 Å². The summed E-state index contributed by atoms with van der Waals surface area (Å²) in [6.07, 6.45) is 9.37. The van der Waals surface area contributed by atoms with E-state index in [1.54, 1.807) is 0 Å².